The fraction of sp³-hybridized carbons (Fsp3) is 0.600. The number of benzene rings is 1. The molecule has 1 aliphatic carbocycles. The second-order valence-corrected chi connectivity index (χ2v) is 12.2. The van der Waals surface area contributed by atoms with Crippen LogP contribution in [-0.4, -0.2) is 89.0 Å². The summed E-state index contributed by atoms with van der Waals surface area (Å²) in [5.41, 5.74) is 1.28. The third-order valence-electron chi connectivity index (χ3n) is 9.18. The summed E-state index contributed by atoms with van der Waals surface area (Å²) in [5, 5.41) is 4.23. The third kappa shape index (κ3) is 6.11. The Morgan fingerprint density at radius 1 is 1.10 bits per heavy atom. The number of likely N-dealkylation sites (tertiary alicyclic amines) is 3. The molecule has 3 aliphatic heterocycles. The van der Waals surface area contributed by atoms with Crippen LogP contribution < -0.4 is 9.64 Å². The Kier molecular flexibility index (Phi) is 7.52. The minimum Gasteiger partial charge on any atom is -0.490 e. The van der Waals surface area contributed by atoms with Crippen molar-refractivity contribution in [3.8, 4) is 5.75 Å². The molecule has 4 aliphatic rings. The van der Waals surface area contributed by atoms with Crippen molar-refractivity contribution in [2.24, 2.45) is 11.8 Å². The quantitative estimate of drug-likeness (QED) is 0.470. The molecule has 0 N–H and O–H groups in total. The van der Waals surface area contributed by atoms with Crippen molar-refractivity contribution in [2.45, 2.75) is 57.5 Å². The molecule has 2 aromatic rings. The number of hydrogen-bond donors (Lipinski definition) is 0. The molecule has 1 amide bonds. The zero-order chi connectivity index (χ0) is 28.9. The number of nitrogens with zero attached hydrogens (tertiary/aromatic N) is 6. The summed E-state index contributed by atoms with van der Waals surface area (Å²) in [7, 11) is 1.87. The Hall–Kier alpha value is -3.05. The lowest BCUT2D eigenvalue weighted by atomic mass is 10.0. The smallest absolute Gasteiger partial charge is 0.416 e. The Bertz CT molecular complexity index is 1270. The summed E-state index contributed by atoms with van der Waals surface area (Å²) < 4.78 is 49.7. The largest absolute Gasteiger partial charge is 0.490 e. The van der Waals surface area contributed by atoms with Gasteiger partial charge in [-0.3, -0.25) is 4.90 Å². The third-order valence-corrected chi connectivity index (χ3v) is 9.18. The van der Waals surface area contributed by atoms with Gasteiger partial charge in [0, 0.05) is 64.6 Å². The number of halogens is 3. The van der Waals surface area contributed by atoms with Crippen molar-refractivity contribution in [3.05, 3.63) is 54.0 Å². The minimum atomic E-state index is -4.45. The molecular formula is C30H39F3N6O2. The Morgan fingerprint density at radius 3 is 2.39 bits per heavy atom. The zero-order valence-electron chi connectivity index (χ0n) is 23.8. The first kappa shape index (κ1) is 28.1. The maximum atomic E-state index is 14.1. The lowest BCUT2D eigenvalue weighted by Gasteiger charge is -2.32. The fourth-order valence-corrected chi connectivity index (χ4v) is 6.59. The Morgan fingerprint density at radius 2 is 1.78 bits per heavy atom. The Labute approximate surface area is 239 Å². The van der Waals surface area contributed by atoms with Gasteiger partial charge in [-0.05, 0) is 62.1 Å². The number of anilines is 1. The van der Waals surface area contributed by atoms with Crippen molar-refractivity contribution in [3.63, 3.8) is 0 Å². The number of rotatable bonds is 7. The molecule has 3 saturated heterocycles. The van der Waals surface area contributed by atoms with Crippen LogP contribution in [0.4, 0.5) is 23.7 Å². The molecule has 0 spiro atoms. The maximum absolute atomic E-state index is 14.1. The first-order valence-corrected chi connectivity index (χ1v) is 14.6. The van der Waals surface area contributed by atoms with Crippen molar-refractivity contribution in [1.29, 1.82) is 0 Å². The van der Waals surface area contributed by atoms with E-state index in [1.807, 2.05) is 18.9 Å². The summed E-state index contributed by atoms with van der Waals surface area (Å²) in [6.07, 6.45) is 3.06. The molecule has 1 aromatic heterocycles. The van der Waals surface area contributed by atoms with E-state index in [2.05, 4.69) is 21.5 Å². The highest BCUT2D eigenvalue weighted by atomic mass is 19.4. The lowest BCUT2D eigenvalue weighted by Crippen LogP contribution is -2.39. The number of alkyl halides is 3. The van der Waals surface area contributed by atoms with Gasteiger partial charge in [0.1, 0.15) is 11.9 Å². The molecule has 1 aromatic carbocycles. The molecule has 222 valence electrons. The fourth-order valence-electron chi connectivity index (χ4n) is 6.59. The van der Waals surface area contributed by atoms with Crippen molar-refractivity contribution in [2.75, 3.05) is 51.2 Å². The van der Waals surface area contributed by atoms with Gasteiger partial charge in [-0.1, -0.05) is 12.6 Å². The first-order chi connectivity index (χ1) is 19.5. The van der Waals surface area contributed by atoms with Crippen LogP contribution in [0, 0.1) is 11.8 Å². The number of hydrogen-bond acceptors (Lipinski definition) is 6. The summed E-state index contributed by atoms with van der Waals surface area (Å²) in [5.74, 6) is 0.755. The highest BCUT2D eigenvalue weighted by Crippen LogP contribution is 2.38. The van der Waals surface area contributed by atoms with Crippen LogP contribution in [0.25, 0.3) is 0 Å². The van der Waals surface area contributed by atoms with Crippen LogP contribution in [-0.2, 0) is 12.7 Å². The van der Waals surface area contributed by atoms with Crippen molar-refractivity contribution >= 4 is 11.7 Å². The van der Waals surface area contributed by atoms with E-state index < -0.39 is 11.7 Å². The normalized spacial score (nSPS) is 24.1. The number of ether oxygens (including phenoxy) is 1. The molecule has 4 heterocycles. The summed E-state index contributed by atoms with van der Waals surface area (Å²) in [6, 6.07) is 4.99. The van der Waals surface area contributed by atoms with Gasteiger partial charge in [-0.25, -0.2) is 4.79 Å². The molecule has 8 nitrogen and oxygen atoms in total. The van der Waals surface area contributed by atoms with Crippen LogP contribution in [0.15, 0.2) is 42.9 Å². The zero-order valence-corrected chi connectivity index (χ0v) is 23.8. The molecule has 6 rings (SSSR count). The van der Waals surface area contributed by atoms with E-state index in [0.717, 1.165) is 37.3 Å². The van der Waals surface area contributed by atoms with Gasteiger partial charge in [0.2, 0.25) is 0 Å². The van der Waals surface area contributed by atoms with E-state index in [1.165, 1.54) is 23.6 Å². The van der Waals surface area contributed by atoms with Gasteiger partial charge in [-0.15, -0.1) is 0 Å². The second kappa shape index (κ2) is 11.0. The number of piperidine rings is 1. The molecule has 0 radical (unpaired) electrons. The minimum absolute atomic E-state index is 0.0408. The molecular weight excluding hydrogens is 533 g/mol. The molecule has 0 bridgehead atoms. The summed E-state index contributed by atoms with van der Waals surface area (Å²) in [6.45, 7) is 10.4. The molecule has 11 heteroatoms. The van der Waals surface area contributed by atoms with Crippen LogP contribution in [0.3, 0.4) is 0 Å². The topological polar surface area (TPSA) is 57.1 Å². The molecule has 1 saturated carbocycles. The van der Waals surface area contributed by atoms with E-state index in [4.69, 9.17) is 4.74 Å². The Balaban J connectivity index is 1.05. The highest BCUT2D eigenvalue weighted by Gasteiger charge is 2.43. The van der Waals surface area contributed by atoms with Crippen LogP contribution in [0.1, 0.15) is 43.7 Å². The lowest BCUT2D eigenvalue weighted by molar-refractivity contribution is -0.138. The summed E-state index contributed by atoms with van der Waals surface area (Å²) >= 11 is 0. The van der Waals surface area contributed by atoms with Gasteiger partial charge in [0.15, 0.2) is 0 Å². The average Bonchev–Trinajstić information content (AvgIpc) is 3.34. The maximum Gasteiger partial charge on any atom is 0.416 e. The highest BCUT2D eigenvalue weighted by molar-refractivity contribution is 5.77. The van der Waals surface area contributed by atoms with Crippen LogP contribution in [0.2, 0.25) is 0 Å². The molecule has 2 atom stereocenters. The van der Waals surface area contributed by atoms with Gasteiger partial charge in [0.25, 0.3) is 0 Å². The first-order valence-electron chi connectivity index (χ1n) is 14.6. The van der Waals surface area contributed by atoms with Crippen molar-refractivity contribution in [1.82, 2.24) is 24.5 Å². The number of amides is 1. The SMILES string of the molecule is C=C(C)N(C)c1cnn(C(=O)N2CC3CN(Cc4ccc(OC5CCN(C6CC6)CC5)cc4C(F)(F)F)CC3C2)c1. The second-order valence-electron chi connectivity index (χ2n) is 12.2. The van der Waals surface area contributed by atoms with E-state index in [1.54, 1.807) is 29.4 Å². The number of carbonyl (C=O) groups excluding carboxylic acids is 1. The average molecular weight is 573 g/mol. The van der Waals surface area contributed by atoms with Gasteiger partial charge in [0.05, 0.1) is 23.6 Å². The van der Waals surface area contributed by atoms with E-state index in [-0.39, 0.29) is 36.1 Å². The van der Waals surface area contributed by atoms with Gasteiger partial charge in [-0.2, -0.15) is 23.0 Å². The van der Waals surface area contributed by atoms with E-state index >= 15 is 0 Å². The van der Waals surface area contributed by atoms with E-state index in [9.17, 15) is 18.0 Å². The number of carbonyl (C=O) groups is 1. The van der Waals surface area contributed by atoms with Crippen LogP contribution >= 0.6 is 0 Å². The van der Waals surface area contributed by atoms with Gasteiger partial charge >= 0.3 is 12.2 Å². The summed E-state index contributed by atoms with van der Waals surface area (Å²) in [4.78, 5) is 21.3. The predicted octanol–water partition coefficient (Wildman–Crippen LogP) is 4.91. The molecule has 4 fully saturated rings. The molecule has 41 heavy (non-hydrogen) atoms. The number of fused-ring (bicyclic) bond motifs is 1. The molecule has 2 unspecified atom stereocenters. The van der Waals surface area contributed by atoms with Crippen LogP contribution in [0.5, 0.6) is 5.75 Å². The standard InChI is InChI=1S/C30H39F3N6O2/c1-20(2)35(3)25-13-34-39(19-25)29(40)38-17-22-15-36(16-23(22)18-38)14-21-4-7-27(12-28(21)30(31,32)33)41-26-8-10-37(11-9-26)24-5-6-24/h4,7,12-13,19,22-24,26H,1,5-6,8-11,14-18H2,2-3H3. The number of allylic oxidation sites excluding steroid dienone is 1. The van der Waals surface area contributed by atoms with Crippen molar-refractivity contribution < 1.29 is 22.7 Å². The predicted molar refractivity (Wildman–Crippen MR) is 150 cm³/mol. The monoisotopic (exact) mass is 572 g/mol. The number of aromatic nitrogens is 2. The van der Waals surface area contributed by atoms with E-state index in [0.29, 0.717) is 38.0 Å². The van der Waals surface area contributed by atoms with Gasteiger partial charge < -0.3 is 19.4 Å².